The van der Waals surface area contributed by atoms with Gasteiger partial charge in [0.25, 0.3) is 0 Å². The number of rotatable bonds is 0. The topological polar surface area (TPSA) is 3.24 Å². The molecular formula is C4H12BN. The highest BCUT2D eigenvalue weighted by atomic mass is 15.0. The lowest BCUT2D eigenvalue weighted by molar-refractivity contribution is 0.505. The van der Waals surface area contributed by atoms with E-state index in [1.807, 2.05) is 26.0 Å². The molecule has 0 aliphatic carbocycles. The van der Waals surface area contributed by atoms with Gasteiger partial charge in [-0.25, -0.2) is 0 Å². The first-order valence-corrected chi connectivity index (χ1v) is 1.92. The van der Waals surface area contributed by atoms with E-state index in [0.29, 0.717) is 0 Å². The van der Waals surface area contributed by atoms with E-state index in [9.17, 15) is 0 Å². The summed E-state index contributed by atoms with van der Waals surface area (Å²) < 4.78 is 0. The highest BCUT2D eigenvalue weighted by Crippen LogP contribution is 1.47. The highest BCUT2D eigenvalue weighted by Gasteiger charge is 1.58. The summed E-state index contributed by atoms with van der Waals surface area (Å²) in [6.07, 6.45) is 0. The molecule has 2 radical (unpaired) electrons. The Morgan fingerprint density at radius 1 is 1.00 bits per heavy atom. The van der Waals surface area contributed by atoms with Crippen molar-refractivity contribution >= 4 is 7.85 Å². The van der Waals surface area contributed by atoms with E-state index >= 15 is 0 Å². The van der Waals surface area contributed by atoms with Crippen LogP contribution in [0.1, 0.15) is 0 Å². The van der Waals surface area contributed by atoms with Gasteiger partial charge in [0.1, 0.15) is 0 Å². The van der Waals surface area contributed by atoms with E-state index in [-0.39, 0.29) is 0 Å². The number of nitrogens with zero attached hydrogens (tertiary/aromatic N) is 1. The normalized spacial score (nSPS) is 6.83. The average molecular weight is 85.0 g/mol. The van der Waals surface area contributed by atoms with Crippen LogP contribution in [-0.4, -0.2) is 33.9 Å². The van der Waals surface area contributed by atoms with Gasteiger partial charge in [-0.1, -0.05) is 6.82 Å². The molecule has 0 spiro atoms. The fourth-order valence-corrected chi connectivity index (χ4v) is 0. The molecule has 6 heavy (non-hydrogen) atoms. The molecule has 0 unspecified atom stereocenters. The maximum atomic E-state index is 4.50. The fraction of sp³-hybridized carbons (Fsp3) is 1.00. The molecule has 0 bridgehead atoms. The van der Waals surface area contributed by atoms with Crippen molar-refractivity contribution in [2.24, 2.45) is 0 Å². The van der Waals surface area contributed by atoms with Crippen LogP contribution in [0.25, 0.3) is 0 Å². The third-order valence-electron chi connectivity index (χ3n) is 0. The van der Waals surface area contributed by atoms with E-state index in [2.05, 4.69) is 7.85 Å². The zero-order chi connectivity index (χ0) is 5.58. The molecule has 0 amide bonds. The first-order valence-electron chi connectivity index (χ1n) is 1.92. The molecule has 0 rings (SSSR count). The van der Waals surface area contributed by atoms with Crippen LogP contribution in [0.15, 0.2) is 0 Å². The third kappa shape index (κ3) is 59200. The van der Waals surface area contributed by atoms with Gasteiger partial charge in [-0.2, -0.15) is 0 Å². The lowest BCUT2D eigenvalue weighted by atomic mass is 10.2. The fourth-order valence-electron chi connectivity index (χ4n) is 0. The summed E-state index contributed by atoms with van der Waals surface area (Å²) in [5.41, 5.74) is 0. The first-order chi connectivity index (χ1) is 2.73. The molecule has 0 aliphatic rings. The minimum absolute atomic E-state index is 1.50. The van der Waals surface area contributed by atoms with Crippen LogP contribution in [0, 0.1) is 0 Å². The summed E-state index contributed by atoms with van der Waals surface area (Å²) in [5, 5.41) is 0. The van der Waals surface area contributed by atoms with Crippen molar-refractivity contribution in [2.75, 3.05) is 21.1 Å². The Labute approximate surface area is 41.8 Å². The Hall–Kier alpha value is 0.0249. The largest absolute Gasteiger partial charge is 0.312 e. The molecule has 0 N–H and O–H groups in total. The molecule has 0 atom stereocenters. The van der Waals surface area contributed by atoms with E-state index in [0.717, 1.165) is 0 Å². The van der Waals surface area contributed by atoms with Crippen molar-refractivity contribution in [2.45, 2.75) is 6.82 Å². The lowest BCUT2D eigenvalue weighted by Gasteiger charge is -1.90. The van der Waals surface area contributed by atoms with Crippen LogP contribution in [0.4, 0.5) is 0 Å². The van der Waals surface area contributed by atoms with E-state index in [4.69, 9.17) is 0 Å². The summed E-state index contributed by atoms with van der Waals surface area (Å²) in [6, 6.07) is 0. The highest BCUT2D eigenvalue weighted by molar-refractivity contribution is 6.05. The number of hydrogen-bond donors (Lipinski definition) is 0. The molecule has 2 heteroatoms. The minimum Gasteiger partial charge on any atom is -0.312 e. The van der Waals surface area contributed by atoms with Gasteiger partial charge >= 0.3 is 0 Å². The van der Waals surface area contributed by atoms with Crippen LogP contribution in [0.3, 0.4) is 0 Å². The molecule has 0 aliphatic heterocycles. The lowest BCUT2D eigenvalue weighted by Crippen LogP contribution is -1.99. The van der Waals surface area contributed by atoms with Crippen LogP contribution in [-0.2, 0) is 0 Å². The van der Waals surface area contributed by atoms with E-state index in [1.54, 1.807) is 0 Å². The van der Waals surface area contributed by atoms with Gasteiger partial charge < -0.3 is 4.90 Å². The molecule has 0 saturated heterocycles. The average Bonchev–Trinajstić information content (AvgIpc) is 1.41. The van der Waals surface area contributed by atoms with Crippen LogP contribution < -0.4 is 0 Å². The van der Waals surface area contributed by atoms with Crippen molar-refractivity contribution in [1.29, 1.82) is 0 Å². The Morgan fingerprint density at radius 2 is 1.00 bits per heavy atom. The van der Waals surface area contributed by atoms with Crippen molar-refractivity contribution in [3.8, 4) is 0 Å². The molecule has 0 fully saturated rings. The SMILES string of the molecule is CN(C)C.[B]C. The van der Waals surface area contributed by atoms with Gasteiger partial charge in [-0.05, 0) is 21.1 Å². The van der Waals surface area contributed by atoms with Gasteiger partial charge in [0.2, 0.25) is 0 Å². The second-order valence-electron chi connectivity index (χ2n) is 1.34. The smallest absolute Gasteiger partial charge is 0.0606 e. The van der Waals surface area contributed by atoms with Crippen molar-refractivity contribution in [3.63, 3.8) is 0 Å². The van der Waals surface area contributed by atoms with E-state index < -0.39 is 0 Å². The summed E-state index contributed by atoms with van der Waals surface area (Å²) >= 11 is 0. The van der Waals surface area contributed by atoms with Crippen molar-refractivity contribution < 1.29 is 0 Å². The summed E-state index contributed by atoms with van der Waals surface area (Å²) in [6.45, 7) is 1.50. The zero-order valence-electron chi connectivity index (χ0n) is 5.02. The van der Waals surface area contributed by atoms with Crippen molar-refractivity contribution in [1.82, 2.24) is 4.90 Å². The van der Waals surface area contributed by atoms with Crippen LogP contribution >= 0.6 is 0 Å². The van der Waals surface area contributed by atoms with Gasteiger partial charge in [-0.3, -0.25) is 0 Å². The Balaban J connectivity index is 0. The minimum atomic E-state index is 1.50. The summed E-state index contributed by atoms with van der Waals surface area (Å²) in [4.78, 5) is 2.00. The number of hydrogen-bond acceptors (Lipinski definition) is 1. The van der Waals surface area contributed by atoms with Gasteiger partial charge in [0, 0.05) is 0 Å². The molecule has 1 nitrogen and oxygen atoms in total. The molecule has 0 heterocycles. The maximum absolute atomic E-state index is 4.50. The quantitative estimate of drug-likeness (QED) is 0.384. The molecular weight excluding hydrogens is 72.9 g/mol. The Kier molecular flexibility index (Phi) is 13.9. The zero-order valence-corrected chi connectivity index (χ0v) is 5.02. The molecule has 0 aromatic carbocycles. The predicted octanol–water partition coefficient (Wildman–Crippen LogP) is 0.381. The summed E-state index contributed by atoms with van der Waals surface area (Å²) in [7, 11) is 10.5. The second kappa shape index (κ2) is 8.90. The molecule has 0 aromatic rings. The van der Waals surface area contributed by atoms with Crippen LogP contribution in [0.2, 0.25) is 6.82 Å². The maximum Gasteiger partial charge on any atom is 0.0606 e. The van der Waals surface area contributed by atoms with Gasteiger partial charge in [-0.15, -0.1) is 0 Å². The van der Waals surface area contributed by atoms with Crippen LogP contribution in [0.5, 0.6) is 0 Å². The summed E-state index contributed by atoms with van der Waals surface area (Å²) in [5.74, 6) is 0. The first kappa shape index (κ1) is 9.39. The predicted molar refractivity (Wildman–Crippen MR) is 31.2 cm³/mol. The standard InChI is InChI=1S/C3H9N.CH3B/c1-4(2)3;1-2/h1-3H3;1H3. The van der Waals surface area contributed by atoms with Gasteiger partial charge in [0.05, 0.1) is 7.85 Å². The van der Waals surface area contributed by atoms with Gasteiger partial charge in [0.15, 0.2) is 0 Å². The molecule has 0 saturated carbocycles. The van der Waals surface area contributed by atoms with E-state index in [1.165, 1.54) is 6.82 Å². The molecule has 36 valence electrons. The monoisotopic (exact) mass is 85.1 g/mol. The van der Waals surface area contributed by atoms with Crippen molar-refractivity contribution in [3.05, 3.63) is 0 Å². The molecule has 0 aromatic heterocycles. The Morgan fingerprint density at radius 3 is 1.00 bits per heavy atom. The third-order valence-corrected chi connectivity index (χ3v) is 0. The Bertz CT molecular complexity index is 12.3. The second-order valence-corrected chi connectivity index (χ2v) is 1.34.